The third kappa shape index (κ3) is 13.5. The summed E-state index contributed by atoms with van der Waals surface area (Å²) >= 11 is 0. The van der Waals surface area contributed by atoms with E-state index in [9.17, 15) is 9.59 Å². The molecule has 0 atom stereocenters. The predicted molar refractivity (Wildman–Crippen MR) is 333 cm³/mol. The molecule has 0 aliphatic heterocycles. The van der Waals surface area contributed by atoms with Crippen molar-refractivity contribution in [3.8, 4) is 16.8 Å². The van der Waals surface area contributed by atoms with Crippen molar-refractivity contribution in [1.29, 1.82) is 0 Å². The molecule has 0 radical (unpaired) electrons. The molecule has 8 aromatic rings. The number of nitrogens with one attached hydrogen (secondary N) is 5. The maximum absolute atomic E-state index is 13.0. The van der Waals surface area contributed by atoms with Crippen molar-refractivity contribution < 1.29 is 14.2 Å². The number of amides is 2. The SMILES string of the molecule is CC1=CC(=Nc2c(Nc3ccccc3)cc(N)c(C)c2C)CC=C1NCCCCCCNC(=O)c1ccc(-c2ccc(C(=O)NCCCCCCNc3cc4c(cc3C)nc3c(C)c(C)c(N)cc3[n+]4-c3ccccc3)cc2)cc1. The van der Waals surface area contributed by atoms with Gasteiger partial charge in [0.2, 0.25) is 16.7 Å². The summed E-state index contributed by atoms with van der Waals surface area (Å²) in [7, 11) is 0. The minimum absolute atomic E-state index is 0.0706. The molecule has 410 valence electrons. The minimum atomic E-state index is -0.0742. The number of rotatable bonds is 23. The van der Waals surface area contributed by atoms with Crippen molar-refractivity contribution in [3.63, 3.8) is 0 Å². The number of hydrogen-bond acceptors (Lipinski definition) is 9. The molecule has 0 spiro atoms. The number of carbonyl (C=O) groups excluding carboxylic acids is 2. The molecule has 1 aliphatic carbocycles. The zero-order valence-electron chi connectivity index (χ0n) is 47.4. The van der Waals surface area contributed by atoms with Crippen LogP contribution in [-0.4, -0.2) is 48.7 Å². The molecular weight excluding hydrogens is 989 g/mol. The van der Waals surface area contributed by atoms with Gasteiger partial charge < -0.3 is 38.1 Å². The molecule has 0 fully saturated rings. The van der Waals surface area contributed by atoms with E-state index in [0.717, 1.165) is 183 Å². The summed E-state index contributed by atoms with van der Waals surface area (Å²) in [5.74, 6) is -0.145. The number of aryl methyl sites for hydroxylation is 2. The van der Waals surface area contributed by atoms with Crippen molar-refractivity contribution in [2.24, 2.45) is 4.99 Å². The van der Waals surface area contributed by atoms with Crippen LogP contribution >= 0.6 is 0 Å². The van der Waals surface area contributed by atoms with E-state index in [1.54, 1.807) is 0 Å². The fourth-order valence-electron chi connectivity index (χ4n) is 10.4. The van der Waals surface area contributed by atoms with Gasteiger partial charge in [0, 0.05) is 102 Å². The Morgan fingerprint density at radius 2 is 1.11 bits per heavy atom. The van der Waals surface area contributed by atoms with Crippen molar-refractivity contribution in [2.45, 2.75) is 99.3 Å². The number of fused-ring (bicyclic) bond motifs is 2. The summed E-state index contributed by atoms with van der Waals surface area (Å²) in [5.41, 5.74) is 35.3. The molecule has 7 aromatic carbocycles. The van der Waals surface area contributed by atoms with E-state index in [-0.39, 0.29) is 11.8 Å². The standard InChI is InChI=1S/C68H76N10O2/c1-44-39-55(76-65-48(5)46(3)57(69)41-62(65)75-54-21-13-11-14-22-54)33-34-59(44)71-35-17-7-9-19-37-73-67(79)52-29-25-50(26-30-52)51-27-31-53(32-28-51)68(80)74-38-20-10-8-18-36-72-60-43-63-61(40-45(60)2)77-66-49(6)47(4)58(70)42-64(66)78(63)56-23-15-12-16-24-56/h11-16,21-32,34,39-43,71,75H,7-10,17-20,33,35-38,69H2,1-6H3,(H4,70,72,73,74,79,80)/p+1. The van der Waals surface area contributed by atoms with E-state index >= 15 is 0 Å². The number of allylic oxidation sites excluding steroid dienone is 3. The third-order valence-electron chi connectivity index (χ3n) is 15.5. The average molecular weight is 1070 g/mol. The van der Waals surface area contributed by atoms with E-state index in [4.69, 9.17) is 21.4 Å². The highest BCUT2D eigenvalue weighted by Crippen LogP contribution is 2.38. The highest BCUT2D eigenvalue weighted by molar-refractivity contribution is 6.02. The molecule has 9 rings (SSSR count). The van der Waals surface area contributed by atoms with Crippen LogP contribution in [0.1, 0.15) is 113 Å². The molecule has 1 aliphatic rings. The van der Waals surface area contributed by atoms with Gasteiger partial charge in [-0.1, -0.05) is 92.4 Å². The highest BCUT2D eigenvalue weighted by Gasteiger charge is 2.24. The summed E-state index contributed by atoms with van der Waals surface area (Å²) in [5, 5.41) is 17.0. The number of nitrogen functional groups attached to an aromatic ring is 2. The van der Waals surface area contributed by atoms with Gasteiger partial charge in [0.1, 0.15) is 11.0 Å². The largest absolute Gasteiger partial charge is 0.398 e. The van der Waals surface area contributed by atoms with Gasteiger partial charge in [0.25, 0.3) is 11.8 Å². The van der Waals surface area contributed by atoms with Crippen molar-refractivity contribution in [1.82, 2.24) is 20.9 Å². The molecule has 2 amide bonds. The maximum atomic E-state index is 13.0. The molecule has 0 saturated carbocycles. The van der Waals surface area contributed by atoms with Crippen molar-refractivity contribution in [2.75, 3.05) is 48.3 Å². The van der Waals surface area contributed by atoms with Crippen LogP contribution in [-0.2, 0) is 0 Å². The normalized spacial score (nSPS) is 12.8. The first kappa shape index (κ1) is 56.0. The number of hydrogen-bond donors (Lipinski definition) is 7. The van der Waals surface area contributed by atoms with Crippen LogP contribution in [0.5, 0.6) is 0 Å². The van der Waals surface area contributed by atoms with Crippen molar-refractivity contribution in [3.05, 3.63) is 196 Å². The number of nitrogens with zero attached hydrogens (tertiary/aromatic N) is 3. The number of aromatic nitrogens is 2. The monoisotopic (exact) mass is 1070 g/mol. The Hall–Kier alpha value is -8.77. The van der Waals surface area contributed by atoms with Gasteiger partial charge in [-0.3, -0.25) is 14.6 Å². The second kappa shape index (κ2) is 26.3. The first-order valence-corrected chi connectivity index (χ1v) is 28.4. The molecule has 12 heteroatoms. The lowest BCUT2D eigenvalue weighted by atomic mass is 10.0. The average Bonchev–Trinajstić information content (AvgIpc) is 3.49. The molecular formula is C68H77N10O2+. The third-order valence-corrected chi connectivity index (χ3v) is 15.5. The summed E-state index contributed by atoms with van der Waals surface area (Å²) in [4.78, 5) is 36.3. The molecule has 0 unspecified atom stereocenters. The minimum Gasteiger partial charge on any atom is -0.398 e. The van der Waals surface area contributed by atoms with E-state index < -0.39 is 0 Å². The topological polar surface area (TPSA) is 175 Å². The zero-order valence-corrected chi connectivity index (χ0v) is 47.4. The Kier molecular flexibility index (Phi) is 18.4. The Balaban J connectivity index is 0.646. The predicted octanol–water partition coefficient (Wildman–Crippen LogP) is 14.1. The second-order valence-corrected chi connectivity index (χ2v) is 21.2. The molecule has 1 heterocycles. The maximum Gasteiger partial charge on any atom is 0.251 e. The fraction of sp³-hybridized carbons (Fsp3) is 0.279. The first-order valence-electron chi connectivity index (χ1n) is 28.4. The van der Waals surface area contributed by atoms with Gasteiger partial charge >= 0.3 is 0 Å². The molecule has 1 aromatic heterocycles. The van der Waals surface area contributed by atoms with Crippen LogP contribution in [0.2, 0.25) is 0 Å². The van der Waals surface area contributed by atoms with Gasteiger partial charge in [-0.15, -0.1) is 4.57 Å². The van der Waals surface area contributed by atoms with E-state index in [2.05, 4.69) is 114 Å². The van der Waals surface area contributed by atoms with E-state index in [0.29, 0.717) is 24.2 Å². The summed E-state index contributed by atoms with van der Waals surface area (Å²) in [6, 6.07) is 44.2. The molecule has 9 N–H and O–H groups in total. The second-order valence-electron chi connectivity index (χ2n) is 21.2. The number of unbranched alkanes of at least 4 members (excludes halogenated alkanes) is 6. The van der Waals surface area contributed by atoms with Gasteiger partial charge in [-0.2, -0.15) is 0 Å². The number of carbonyl (C=O) groups is 2. The number of para-hydroxylation sites is 2. The van der Waals surface area contributed by atoms with Crippen LogP contribution in [0.15, 0.2) is 162 Å². The number of benzene rings is 7. The van der Waals surface area contributed by atoms with Gasteiger partial charge in [-0.05, 0) is 166 Å². The van der Waals surface area contributed by atoms with Gasteiger partial charge in [0.05, 0.1) is 11.4 Å². The Morgan fingerprint density at radius 3 is 1.71 bits per heavy atom. The van der Waals surface area contributed by atoms with Crippen LogP contribution in [0, 0.1) is 34.6 Å². The van der Waals surface area contributed by atoms with Crippen molar-refractivity contribution >= 4 is 73.7 Å². The molecule has 0 bridgehead atoms. The fourth-order valence-corrected chi connectivity index (χ4v) is 10.4. The van der Waals surface area contributed by atoms with Crippen LogP contribution in [0.3, 0.4) is 0 Å². The van der Waals surface area contributed by atoms with E-state index in [1.807, 2.05) is 104 Å². The molecule has 0 saturated heterocycles. The Morgan fingerprint density at radius 1 is 0.562 bits per heavy atom. The first-order chi connectivity index (χ1) is 38.8. The van der Waals surface area contributed by atoms with Gasteiger partial charge in [-0.25, -0.2) is 4.98 Å². The molecule has 80 heavy (non-hydrogen) atoms. The summed E-state index contributed by atoms with van der Waals surface area (Å²) in [6.07, 6.45) is 13.2. The lowest BCUT2D eigenvalue weighted by Crippen LogP contribution is -2.33. The van der Waals surface area contributed by atoms with E-state index in [1.165, 1.54) is 5.57 Å². The smallest absolute Gasteiger partial charge is 0.251 e. The lowest BCUT2D eigenvalue weighted by molar-refractivity contribution is -0.538. The van der Waals surface area contributed by atoms with Gasteiger partial charge in [0.15, 0.2) is 0 Å². The summed E-state index contributed by atoms with van der Waals surface area (Å²) in [6.45, 7) is 15.5. The van der Waals surface area contributed by atoms with Crippen LogP contribution in [0.25, 0.3) is 38.9 Å². The highest BCUT2D eigenvalue weighted by atomic mass is 16.2. The quantitative estimate of drug-likeness (QED) is 0.0143. The number of anilines is 5. The Bertz CT molecular complexity index is 3610. The zero-order chi connectivity index (χ0) is 56.1. The number of nitrogens with two attached hydrogens (primary N) is 2. The van der Waals surface area contributed by atoms with Crippen LogP contribution in [0.4, 0.5) is 34.1 Å². The summed E-state index contributed by atoms with van der Waals surface area (Å²) < 4.78 is 2.27. The molecule has 12 nitrogen and oxygen atoms in total. The van der Waals surface area contributed by atoms with Crippen LogP contribution < -0.4 is 42.6 Å². The number of aliphatic imine (C=N–C) groups is 1. The lowest BCUT2D eigenvalue weighted by Gasteiger charge is -2.19. The Labute approximate surface area is 471 Å².